The van der Waals surface area contributed by atoms with E-state index in [-0.39, 0.29) is 24.3 Å². The van der Waals surface area contributed by atoms with E-state index >= 15 is 0 Å². The number of hydrogen-bond acceptors (Lipinski definition) is 13. The highest BCUT2D eigenvalue weighted by molar-refractivity contribution is 5.85. The summed E-state index contributed by atoms with van der Waals surface area (Å²) in [6.07, 6.45) is 3.55. The zero-order valence-corrected chi connectivity index (χ0v) is 36.2. The van der Waals surface area contributed by atoms with Crippen molar-refractivity contribution in [3.63, 3.8) is 0 Å². The van der Waals surface area contributed by atoms with Crippen molar-refractivity contribution in [3.05, 3.63) is 37.1 Å². The number of fused-ring (bicyclic) bond motifs is 1. The summed E-state index contributed by atoms with van der Waals surface area (Å²) in [7, 11) is 5.30. The van der Waals surface area contributed by atoms with Crippen LogP contribution in [0, 0.1) is 23.7 Å². The number of unbranched alkanes of at least 4 members (excludes halogenated alkanes) is 1. The van der Waals surface area contributed by atoms with Crippen LogP contribution in [-0.2, 0) is 39.8 Å². The Hall–Kier alpha value is -3.47. The molecule has 3 aliphatic rings. The number of nitrogens with zero attached hydrogens (tertiary/aromatic N) is 5. The maximum atomic E-state index is 14.7. The van der Waals surface area contributed by atoms with Crippen LogP contribution in [0.3, 0.4) is 0 Å². The van der Waals surface area contributed by atoms with Gasteiger partial charge in [0, 0.05) is 68.1 Å². The van der Waals surface area contributed by atoms with Gasteiger partial charge in [-0.15, -0.1) is 0 Å². The molecule has 0 radical (unpaired) electrons. The summed E-state index contributed by atoms with van der Waals surface area (Å²) in [5.74, 6) is -3.93. The molecule has 14 atom stereocenters. The van der Waals surface area contributed by atoms with Gasteiger partial charge in [0.05, 0.1) is 47.9 Å². The Morgan fingerprint density at radius 1 is 1.02 bits per heavy atom. The van der Waals surface area contributed by atoms with Crippen LogP contribution >= 0.6 is 0 Å². The van der Waals surface area contributed by atoms with E-state index < -0.39 is 83.7 Å². The van der Waals surface area contributed by atoms with E-state index in [4.69, 9.17) is 23.7 Å². The van der Waals surface area contributed by atoms with Crippen LogP contribution in [0.2, 0.25) is 0 Å². The van der Waals surface area contributed by atoms with E-state index in [0.29, 0.717) is 32.4 Å². The third-order valence-corrected chi connectivity index (χ3v) is 13.0. The molecule has 3 saturated heterocycles. The molecule has 15 heteroatoms. The second-order valence-electron chi connectivity index (χ2n) is 17.5. The number of carbonyl (C=O) groups is 3. The van der Waals surface area contributed by atoms with Gasteiger partial charge in [-0.3, -0.25) is 14.6 Å². The second kappa shape index (κ2) is 18.8. The van der Waals surface area contributed by atoms with Gasteiger partial charge in [0.25, 0.3) is 0 Å². The van der Waals surface area contributed by atoms with E-state index in [1.807, 2.05) is 76.5 Å². The molecule has 2 N–H and O–H groups in total. The van der Waals surface area contributed by atoms with Crippen LogP contribution in [-0.4, -0.2) is 140 Å². The normalized spacial score (nSPS) is 38.0. The highest BCUT2D eigenvalue weighted by Gasteiger charge is 2.60. The number of aromatic nitrogens is 3. The van der Waals surface area contributed by atoms with Crippen molar-refractivity contribution in [2.75, 3.05) is 27.7 Å². The number of pyridine rings is 1. The number of aryl methyl sites for hydroxylation is 1. The standard InChI is InChI=1S/C43H67N5O10/c1-12-33-43(8)37(48(41(53)58-43)19-14-13-18-47-23-31(45-24-47)30-16-15-17-44-22-30)27(4)34(49)25(2)21-42(7,54-11)38(28(5)35(50)29(6)39(52)56-33)57-40-36(51)32(46(9)10)20-26(3)55-40/h15-17,22-29,32-33,35-38,40,50-51H,12-14,18-21H2,1-11H3/t25-,26-,27+,28+,29-,32+,33-,35?,36-,37?,38-,40+,42-,43-/m1/s1. The monoisotopic (exact) mass is 813 g/mol. The highest BCUT2D eigenvalue weighted by Crippen LogP contribution is 2.43. The molecule has 3 aliphatic heterocycles. The molecule has 5 heterocycles. The second-order valence-corrected chi connectivity index (χ2v) is 17.5. The number of aliphatic hydroxyl groups excluding tert-OH is 2. The first-order valence-electron chi connectivity index (χ1n) is 20.9. The lowest BCUT2D eigenvalue weighted by Crippen LogP contribution is -2.60. The lowest BCUT2D eigenvalue weighted by molar-refractivity contribution is -0.301. The average molecular weight is 814 g/mol. The Morgan fingerprint density at radius 3 is 2.36 bits per heavy atom. The number of ketones is 1. The van der Waals surface area contributed by atoms with Gasteiger partial charge in [-0.25, -0.2) is 9.78 Å². The topological polar surface area (TPSA) is 175 Å². The number of hydrogen-bond donors (Lipinski definition) is 2. The molecular formula is C43H67N5O10. The highest BCUT2D eigenvalue weighted by atomic mass is 16.7. The number of likely N-dealkylation sites (N-methyl/N-ethyl adjacent to an activating group) is 1. The molecule has 2 unspecified atom stereocenters. The Balaban J connectivity index is 1.43. The van der Waals surface area contributed by atoms with Crippen molar-refractivity contribution in [3.8, 4) is 11.3 Å². The fraction of sp³-hybridized carbons (Fsp3) is 0.744. The summed E-state index contributed by atoms with van der Waals surface area (Å²) in [6, 6.07) is 2.80. The number of amides is 1. The SMILES string of the molecule is CC[C@H]1OC(=O)[C@H](C)C(O)[C@H](C)[C@@H](O[C@@H]2O[C@H](C)C[C@H](N(C)C)[C@H]2O)[C@](C)(OC)C[C@@H](C)C(=O)[C@H](C)C2N(CCCCn3cnc(-c4cccnc4)c3)C(=O)O[C@@]21C. The summed E-state index contributed by atoms with van der Waals surface area (Å²) >= 11 is 0. The van der Waals surface area contributed by atoms with Gasteiger partial charge in [-0.1, -0.05) is 27.7 Å². The zero-order chi connectivity index (χ0) is 42.7. The van der Waals surface area contributed by atoms with Crippen molar-refractivity contribution < 1.29 is 48.3 Å². The van der Waals surface area contributed by atoms with E-state index in [1.54, 1.807) is 44.4 Å². The largest absolute Gasteiger partial charge is 0.458 e. The molecule has 3 fully saturated rings. The molecule has 0 bridgehead atoms. The fourth-order valence-electron chi connectivity index (χ4n) is 9.58. The Kier molecular flexibility index (Phi) is 14.8. The van der Waals surface area contributed by atoms with E-state index in [0.717, 1.165) is 17.7 Å². The number of carbonyl (C=O) groups excluding carboxylic acids is 3. The first-order chi connectivity index (χ1) is 27.4. The van der Waals surface area contributed by atoms with Crippen LogP contribution in [0.25, 0.3) is 11.3 Å². The molecule has 0 aromatic carbocycles. The number of esters is 1. The number of aliphatic hydroxyl groups is 2. The number of methoxy groups -OCH3 is 1. The molecule has 15 nitrogen and oxygen atoms in total. The molecule has 0 spiro atoms. The van der Waals surface area contributed by atoms with E-state index in [9.17, 15) is 24.6 Å². The minimum Gasteiger partial charge on any atom is -0.458 e. The van der Waals surface area contributed by atoms with Gasteiger partial charge in [-0.2, -0.15) is 0 Å². The summed E-state index contributed by atoms with van der Waals surface area (Å²) in [6.45, 7) is 15.3. The molecule has 2 aromatic rings. The average Bonchev–Trinajstić information content (AvgIpc) is 3.78. The van der Waals surface area contributed by atoms with Crippen molar-refractivity contribution in [2.45, 2.75) is 154 Å². The van der Waals surface area contributed by atoms with Gasteiger partial charge < -0.3 is 48.3 Å². The number of cyclic esters (lactones) is 1. The molecule has 0 aliphatic carbocycles. The summed E-state index contributed by atoms with van der Waals surface area (Å²) < 4.78 is 33.4. The Morgan fingerprint density at radius 2 is 1.72 bits per heavy atom. The van der Waals surface area contributed by atoms with Crippen LogP contribution in [0.4, 0.5) is 4.79 Å². The van der Waals surface area contributed by atoms with Crippen molar-refractivity contribution in [2.24, 2.45) is 23.7 Å². The number of imidazole rings is 1. The van der Waals surface area contributed by atoms with Crippen molar-refractivity contribution >= 4 is 17.8 Å². The van der Waals surface area contributed by atoms with Gasteiger partial charge in [0.2, 0.25) is 0 Å². The molecule has 1 amide bonds. The first kappa shape index (κ1) is 45.6. The summed E-state index contributed by atoms with van der Waals surface area (Å²) in [5.41, 5.74) is -0.837. The van der Waals surface area contributed by atoms with Gasteiger partial charge in [0.15, 0.2) is 11.9 Å². The number of rotatable bonds is 11. The van der Waals surface area contributed by atoms with Crippen molar-refractivity contribution in [1.29, 1.82) is 0 Å². The fourth-order valence-corrected chi connectivity index (χ4v) is 9.58. The number of Topliss-reactive ketones (excluding diaryl/α,β-unsaturated/α-hetero) is 1. The van der Waals surface area contributed by atoms with E-state index in [1.165, 1.54) is 7.11 Å². The van der Waals surface area contributed by atoms with Crippen LogP contribution in [0.15, 0.2) is 37.1 Å². The van der Waals surface area contributed by atoms with E-state index in [2.05, 4.69) is 9.97 Å². The summed E-state index contributed by atoms with van der Waals surface area (Å²) in [5, 5.41) is 23.4. The van der Waals surface area contributed by atoms with Crippen LogP contribution in [0.5, 0.6) is 0 Å². The van der Waals surface area contributed by atoms with Crippen LogP contribution in [0.1, 0.15) is 87.5 Å². The van der Waals surface area contributed by atoms with Gasteiger partial charge >= 0.3 is 12.1 Å². The molecule has 58 heavy (non-hydrogen) atoms. The van der Waals surface area contributed by atoms with Crippen molar-refractivity contribution in [1.82, 2.24) is 24.3 Å². The van der Waals surface area contributed by atoms with Crippen LogP contribution < -0.4 is 0 Å². The third kappa shape index (κ3) is 9.44. The molecule has 5 rings (SSSR count). The Bertz CT molecular complexity index is 1690. The predicted octanol–water partition coefficient (Wildman–Crippen LogP) is 4.72. The maximum absolute atomic E-state index is 14.7. The Labute approximate surface area is 343 Å². The third-order valence-electron chi connectivity index (χ3n) is 13.0. The molecule has 2 aromatic heterocycles. The summed E-state index contributed by atoms with van der Waals surface area (Å²) in [4.78, 5) is 54.9. The zero-order valence-electron chi connectivity index (χ0n) is 36.2. The smallest absolute Gasteiger partial charge is 0.410 e. The lowest BCUT2D eigenvalue weighted by atomic mass is 9.73. The van der Waals surface area contributed by atoms with Gasteiger partial charge in [0.1, 0.15) is 18.0 Å². The molecule has 0 saturated carbocycles. The molecule has 324 valence electrons. The quantitative estimate of drug-likeness (QED) is 0.236. The maximum Gasteiger partial charge on any atom is 0.410 e. The number of ether oxygens (including phenoxy) is 5. The predicted molar refractivity (Wildman–Crippen MR) is 215 cm³/mol. The minimum absolute atomic E-state index is 0.127. The van der Waals surface area contributed by atoms with Gasteiger partial charge in [-0.05, 0) is 86.0 Å². The lowest BCUT2D eigenvalue weighted by Gasteiger charge is -2.48. The minimum atomic E-state index is -1.37. The molecular weight excluding hydrogens is 746 g/mol. The first-order valence-corrected chi connectivity index (χ1v) is 20.9.